The Morgan fingerprint density at radius 3 is 2.53 bits per heavy atom. The van der Waals surface area contributed by atoms with Crippen LogP contribution in [0.25, 0.3) is 22.6 Å². The van der Waals surface area contributed by atoms with Crippen LogP contribution in [0.4, 0.5) is 0 Å². The smallest absolute Gasteiger partial charge is 0.179 e. The van der Waals surface area contributed by atoms with Crippen LogP contribution in [-0.4, -0.2) is 20.8 Å². The van der Waals surface area contributed by atoms with Crippen molar-refractivity contribution in [1.29, 1.82) is 5.41 Å². The van der Waals surface area contributed by atoms with Crippen LogP contribution in [-0.2, 0) is 0 Å². The summed E-state index contributed by atoms with van der Waals surface area (Å²) < 4.78 is 0. The van der Waals surface area contributed by atoms with Crippen LogP contribution in [0.2, 0.25) is 5.15 Å². The number of hydrogen-bond donors (Lipinski definition) is 3. The predicted octanol–water partition coefficient (Wildman–Crippen LogP) is 2.56. The van der Waals surface area contributed by atoms with Crippen molar-refractivity contribution < 1.29 is 0 Å². The molecule has 94 valence electrons. The standard InChI is InChI=1S/C13H10ClN5/c14-10-6-5-9-13(18-10)19-12(17-9)8-3-1-7(2-4-8)11(15)16/h1-6H,(H3,15,16)(H,17,18,19). The SMILES string of the molecule is N=C(N)c1ccc(-c2nc3nc(Cl)ccc3[nH]2)cc1. The van der Waals surface area contributed by atoms with E-state index in [-0.39, 0.29) is 5.84 Å². The van der Waals surface area contributed by atoms with Crippen LogP contribution in [0.15, 0.2) is 36.4 Å². The van der Waals surface area contributed by atoms with Gasteiger partial charge in [0.2, 0.25) is 0 Å². The van der Waals surface area contributed by atoms with Gasteiger partial charge >= 0.3 is 0 Å². The van der Waals surface area contributed by atoms with Gasteiger partial charge in [-0.3, -0.25) is 5.41 Å². The van der Waals surface area contributed by atoms with Crippen LogP contribution in [0.3, 0.4) is 0 Å². The average Bonchev–Trinajstić information content (AvgIpc) is 2.81. The summed E-state index contributed by atoms with van der Waals surface area (Å²) in [6.07, 6.45) is 0. The highest BCUT2D eigenvalue weighted by molar-refractivity contribution is 6.29. The second-order valence-electron chi connectivity index (χ2n) is 4.08. The maximum atomic E-state index is 7.35. The molecular weight excluding hydrogens is 262 g/mol. The molecule has 0 unspecified atom stereocenters. The zero-order chi connectivity index (χ0) is 13.4. The molecule has 0 atom stereocenters. The average molecular weight is 272 g/mol. The van der Waals surface area contributed by atoms with Crippen LogP contribution >= 0.6 is 11.6 Å². The van der Waals surface area contributed by atoms with Crippen molar-refractivity contribution in [3.63, 3.8) is 0 Å². The Morgan fingerprint density at radius 2 is 1.84 bits per heavy atom. The van der Waals surface area contributed by atoms with Crippen molar-refractivity contribution in [1.82, 2.24) is 15.0 Å². The lowest BCUT2D eigenvalue weighted by atomic mass is 10.1. The van der Waals surface area contributed by atoms with Gasteiger partial charge < -0.3 is 10.7 Å². The number of aromatic nitrogens is 3. The van der Waals surface area contributed by atoms with E-state index in [9.17, 15) is 0 Å². The lowest BCUT2D eigenvalue weighted by molar-refractivity contribution is 1.30. The Labute approximate surface area is 114 Å². The molecule has 3 aromatic rings. The van der Waals surface area contributed by atoms with Crippen molar-refractivity contribution in [2.75, 3.05) is 0 Å². The summed E-state index contributed by atoms with van der Waals surface area (Å²) in [7, 11) is 0. The number of nitrogen functional groups attached to an aromatic ring is 1. The van der Waals surface area contributed by atoms with E-state index in [1.807, 2.05) is 18.2 Å². The summed E-state index contributed by atoms with van der Waals surface area (Å²) in [6.45, 7) is 0. The maximum absolute atomic E-state index is 7.35. The molecule has 19 heavy (non-hydrogen) atoms. The summed E-state index contributed by atoms with van der Waals surface area (Å²) in [4.78, 5) is 11.7. The number of benzene rings is 1. The van der Waals surface area contributed by atoms with Gasteiger partial charge in [-0.25, -0.2) is 9.97 Å². The molecule has 6 heteroatoms. The van der Waals surface area contributed by atoms with E-state index in [2.05, 4.69) is 15.0 Å². The van der Waals surface area contributed by atoms with E-state index in [1.165, 1.54) is 0 Å². The summed E-state index contributed by atoms with van der Waals surface area (Å²) in [6, 6.07) is 10.8. The summed E-state index contributed by atoms with van der Waals surface area (Å²) >= 11 is 5.83. The third-order valence-electron chi connectivity index (χ3n) is 2.78. The third-order valence-corrected chi connectivity index (χ3v) is 2.99. The van der Waals surface area contributed by atoms with Crippen molar-refractivity contribution in [2.24, 2.45) is 5.73 Å². The van der Waals surface area contributed by atoms with Gasteiger partial charge in [-0.2, -0.15) is 0 Å². The Kier molecular flexibility index (Phi) is 2.68. The molecule has 0 fully saturated rings. The number of fused-ring (bicyclic) bond motifs is 1. The Morgan fingerprint density at radius 1 is 1.11 bits per heavy atom. The second-order valence-corrected chi connectivity index (χ2v) is 4.47. The molecule has 0 aliphatic rings. The van der Waals surface area contributed by atoms with Crippen molar-refractivity contribution in [2.45, 2.75) is 0 Å². The monoisotopic (exact) mass is 271 g/mol. The van der Waals surface area contributed by atoms with E-state index in [1.54, 1.807) is 18.2 Å². The second kappa shape index (κ2) is 4.37. The topological polar surface area (TPSA) is 91.4 Å². The van der Waals surface area contributed by atoms with Gasteiger partial charge in [0.15, 0.2) is 5.65 Å². The number of halogens is 1. The number of pyridine rings is 1. The van der Waals surface area contributed by atoms with Gasteiger partial charge in [-0.1, -0.05) is 35.9 Å². The molecule has 4 N–H and O–H groups in total. The van der Waals surface area contributed by atoms with Crippen LogP contribution in [0.1, 0.15) is 5.56 Å². The summed E-state index contributed by atoms with van der Waals surface area (Å²) in [5.74, 6) is 0.754. The van der Waals surface area contributed by atoms with Gasteiger partial charge in [0.25, 0.3) is 0 Å². The van der Waals surface area contributed by atoms with E-state index >= 15 is 0 Å². The molecule has 3 rings (SSSR count). The Hall–Kier alpha value is -2.40. The molecular formula is C13H10ClN5. The molecule has 0 amide bonds. The van der Waals surface area contributed by atoms with Crippen LogP contribution in [0.5, 0.6) is 0 Å². The molecule has 0 spiro atoms. The third kappa shape index (κ3) is 2.15. The van der Waals surface area contributed by atoms with Crippen molar-refractivity contribution in [3.8, 4) is 11.4 Å². The number of nitrogens with one attached hydrogen (secondary N) is 2. The number of hydrogen-bond acceptors (Lipinski definition) is 3. The molecule has 0 saturated carbocycles. The zero-order valence-corrected chi connectivity index (χ0v) is 10.6. The largest absolute Gasteiger partial charge is 0.384 e. The fraction of sp³-hybridized carbons (Fsp3) is 0. The molecule has 0 bridgehead atoms. The van der Waals surface area contributed by atoms with Gasteiger partial charge in [0.05, 0.1) is 5.52 Å². The van der Waals surface area contributed by atoms with Gasteiger partial charge in [0.1, 0.15) is 16.8 Å². The molecule has 0 aliphatic heterocycles. The minimum absolute atomic E-state index is 0.0459. The molecule has 0 saturated heterocycles. The van der Waals surface area contributed by atoms with E-state index in [4.69, 9.17) is 22.7 Å². The number of amidine groups is 1. The first-order chi connectivity index (χ1) is 9.13. The van der Waals surface area contributed by atoms with Gasteiger partial charge in [-0.05, 0) is 12.1 Å². The highest BCUT2D eigenvalue weighted by atomic mass is 35.5. The number of H-pyrrole nitrogens is 1. The first kappa shape index (κ1) is 11.7. The lowest BCUT2D eigenvalue weighted by Gasteiger charge is -1.99. The molecule has 1 aromatic carbocycles. The van der Waals surface area contributed by atoms with Crippen LogP contribution in [0, 0.1) is 5.41 Å². The summed E-state index contributed by atoms with van der Waals surface area (Å²) in [5.41, 5.74) is 8.41. The van der Waals surface area contributed by atoms with Gasteiger partial charge in [-0.15, -0.1) is 0 Å². The first-order valence-electron chi connectivity index (χ1n) is 5.60. The predicted molar refractivity (Wildman–Crippen MR) is 75.4 cm³/mol. The van der Waals surface area contributed by atoms with Crippen LogP contribution < -0.4 is 5.73 Å². The van der Waals surface area contributed by atoms with Gasteiger partial charge in [0, 0.05) is 11.1 Å². The minimum atomic E-state index is 0.0459. The zero-order valence-electron chi connectivity index (χ0n) is 9.81. The van der Waals surface area contributed by atoms with E-state index < -0.39 is 0 Å². The Bertz CT molecular complexity index is 760. The van der Waals surface area contributed by atoms with E-state index in [0.29, 0.717) is 22.2 Å². The van der Waals surface area contributed by atoms with Crippen molar-refractivity contribution in [3.05, 3.63) is 47.1 Å². The fourth-order valence-electron chi connectivity index (χ4n) is 1.81. The number of aromatic amines is 1. The highest BCUT2D eigenvalue weighted by Gasteiger charge is 2.07. The van der Waals surface area contributed by atoms with E-state index in [0.717, 1.165) is 11.1 Å². The summed E-state index contributed by atoms with van der Waals surface area (Å²) in [5, 5.41) is 7.77. The molecule has 2 aromatic heterocycles. The Balaban J connectivity index is 2.06. The lowest BCUT2D eigenvalue weighted by Crippen LogP contribution is -2.10. The molecule has 0 aliphatic carbocycles. The number of imidazole rings is 1. The quantitative estimate of drug-likeness (QED) is 0.380. The number of rotatable bonds is 2. The fourth-order valence-corrected chi connectivity index (χ4v) is 1.96. The highest BCUT2D eigenvalue weighted by Crippen LogP contribution is 2.21. The number of nitrogens with two attached hydrogens (primary N) is 1. The minimum Gasteiger partial charge on any atom is -0.384 e. The molecule has 2 heterocycles. The maximum Gasteiger partial charge on any atom is 0.179 e. The first-order valence-corrected chi connectivity index (χ1v) is 5.98. The number of nitrogens with zero attached hydrogens (tertiary/aromatic N) is 2. The normalized spacial score (nSPS) is 10.8. The molecule has 0 radical (unpaired) electrons. The van der Waals surface area contributed by atoms with Crippen molar-refractivity contribution >= 4 is 28.6 Å². The molecule has 5 nitrogen and oxygen atoms in total.